The van der Waals surface area contributed by atoms with Gasteiger partial charge in [0, 0.05) is 30.1 Å². The third-order valence-electron chi connectivity index (χ3n) is 4.67. The van der Waals surface area contributed by atoms with Crippen molar-refractivity contribution in [3.8, 4) is 11.3 Å². The van der Waals surface area contributed by atoms with Crippen molar-refractivity contribution in [1.82, 2.24) is 14.8 Å². The lowest BCUT2D eigenvalue weighted by Gasteiger charge is -2.04. The summed E-state index contributed by atoms with van der Waals surface area (Å²) in [5.74, 6) is 0.362. The summed E-state index contributed by atoms with van der Waals surface area (Å²) in [7, 11) is 1.89. The van der Waals surface area contributed by atoms with E-state index in [1.54, 1.807) is 4.68 Å². The van der Waals surface area contributed by atoms with E-state index in [0.29, 0.717) is 5.13 Å². The van der Waals surface area contributed by atoms with Crippen LogP contribution in [0.1, 0.15) is 29.0 Å². The van der Waals surface area contributed by atoms with Crippen molar-refractivity contribution in [3.63, 3.8) is 0 Å². The Kier molecular flexibility index (Phi) is 3.92. The smallest absolute Gasteiger partial charge is 0.229 e. The van der Waals surface area contributed by atoms with E-state index in [2.05, 4.69) is 47.4 Å². The lowest BCUT2D eigenvalue weighted by Crippen LogP contribution is -2.14. The minimum absolute atomic E-state index is 0.0256. The lowest BCUT2D eigenvalue weighted by atomic mass is 10.0. The molecule has 6 heteroatoms. The zero-order chi connectivity index (χ0) is 17.6. The van der Waals surface area contributed by atoms with Gasteiger partial charge < -0.3 is 5.32 Å². The van der Waals surface area contributed by atoms with Crippen LogP contribution in [-0.2, 0) is 11.8 Å². The fourth-order valence-corrected chi connectivity index (χ4v) is 3.95. The molecule has 1 aromatic carbocycles. The number of carbonyl (C=O) groups is 1. The molecule has 1 amide bonds. The molecule has 3 aromatic rings. The first-order valence-electron chi connectivity index (χ1n) is 8.34. The Hall–Kier alpha value is -2.47. The largest absolute Gasteiger partial charge is 0.302 e. The second-order valence-electron chi connectivity index (χ2n) is 6.74. The average Bonchev–Trinajstić information content (AvgIpc) is 3.05. The molecule has 2 unspecified atom stereocenters. The number of nitrogens with zero attached hydrogens (tertiary/aromatic N) is 3. The maximum Gasteiger partial charge on any atom is 0.229 e. The number of aromatic nitrogens is 3. The summed E-state index contributed by atoms with van der Waals surface area (Å²) in [5.41, 5.74) is 5.60. The number of carbonyl (C=O) groups excluding carboxylic acids is 1. The predicted octanol–water partition coefficient (Wildman–Crippen LogP) is 3.90. The molecule has 5 nitrogen and oxygen atoms in total. The second kappa shape index (κ2) is 6.11. The number of anilines is 1. The minimum Gasteiger partial charge on any atom is -0.302 e. The van der Waals surface area contributed by atoms with Crippen LogP contribution in [0.4, 0.5) is 5.13 Å². The van der Waals surface area contributed by atoms with Crippen molar-refractivity contribution in [2.75, 3.05) is 5.32 Å². The van der Waals surface area contributed by atoms with E-state index in [0.717, 1.165) is 23.2 Å². The van der Waals surface area contributed by atoms with Gasteiger partial charge in [0.15, 0.2) is 5.13 Å². The molecule has 1 aliphatic carbocycles. The van der Waals surface area contributed by atoms with Crippen molar-refractivity contribution in [2.24, 2.45) is 13.0 Å². The number of aryl methyl sites for hydroxylation is 3. The van der Waals surface area contributed by atoms with E-state index in [1.807, 2.05) is 24.8 Å². The zero-order valence-electron chi connectivity index (χ0n) is 14.5. The number of benzene rings is 1. The van der Waals surface area contributed by atoms with Crippen molar-refractivity contribution < 1.29 is 4.79 Å². The molecule has 4 rings (SSSR count). The van der Waals surface area contributed by atoms with Crippen LogP contribution in [0, 0.1) is 19.8 Å². The van der Waals surface area contributed by atoms with Crippen molar-refractivity contribution in [2.45, 2.75) is 26.2 Å². The Labute approximate surface area is 150 Å². The molecule has 2 heterocycles. The molecule has 1 fully saturated rings. The van der Waals surface area contributed by atoms with Crippen molar-refractivity contribution >= 4 is 22.4 Å². The van der Waals surface area contributed by atoms with E-state index >= 15 is 0 Å². The first-order valence-corrected chi connectivity index (χ1v) is 9.22. The van der Waals surface area contributed by atoms with Crippen LogP contribution in [-0.4, -0.2) is 20.7 Å². The normalized spacial score (nSPS) is 19.0. The number of rotatable bonds is 4. The highest BCUT2D eigenvalue weighted by Crippen LogP contribution is 2.48. The Morgan fingerprint density at radius 1 is 1.36 bits per heavy atom. The fraction of sp³-hybridized carbons (Fsp3) is 0.316. The predicted molar refractivity (Wildman–Crippen MR) is 99.7 cm³/mol. The first kappa shape index (κ1) is 16.0. The summed E-state index contributed by atoms with van der Waals surface area (Å²) in [6.45, 7) is 4.17. The molecule has 2 atom stereocenters. The molecule has 1 N–H and O–H groups in total. The van der Waals surface area contributed by atoms with Crippen LogP contribution in [0.5, 0.6) is 0 Å². The lowest BCUT2D eigenvalue weighted by molar-refractivity contribution is -0.117. The van der Waals surface area contributed by atoms with Gasteiger partial charge in [-0.1, -0.05) is 23.8 Å². The van der Waals surface area contributed by atoms with E-state index in [9.17, 15) is 4.79 Å². The summed E-state index contributed by atoms with van der Waals surface area (Å²) >= 11 is 1.47. The Balaban J connectivity index is 1.44. The summed E-state index contributed by atoms with van der Waals surface area (Å²) in [5, 5.41) is 9.82. The van der Waals surface area contributed by atoms with Gasteiger partial charge in [0.25, 0.3) is 0 Å². The Morgan fingerprint density at radius 3 is 2.92 bits per heavy atom. The quantitative estimate of drug-likeness (QED) is 0.774. The molecule has 0 radical (unpaired) electrons. The number of hydrogen-bond acceptors (Lipinski definition) is 4. The van der Waals surface area contributed by atoms with Crippen molar-refractivity contribution in [3.05, 3.63) is 52.7 Å². The molecule has 0 saturated heterocycles. The highest BCUT2D eigenvalue weighted by atomic mass is 32.1. The Morgan fingerprint density at radius 2 is 2.20 bits per heavy atom. The average molecular weight is 352 g/mol. The van der Waals surface area contributed by atoms with Crippen LogP contribution in [0.3, 0.4) is 0 Å². The van der Waals surface area contributed by atoms with Crippen LogP contribution in [0.2, 0.25) is 0 Å². The standard InChI is InChI=1S/C19H20N4OS/c1-11-4-5-14(12(2)6-11)17-10-25-19(21-17)22-18(24)16-7-15(16)13-8-20-23(3)9-13/h4-6,8-10,15-16H,7H2,1-3H3,(H,21,22,24). The van der Waals surface area contributed by atoms with E-state index < -0.39 is 0 Å². The molecule has 2 aromatic heterocycles. The Bertz CT molecular complexity index is 943. The van der Waals surface area contributed by atoms with E-state index in [4.69, 9.17) is 0 Å². The SMILES string of the molecule is Cc1ccc(-c2csc(NC(=O)C3CC3c3cnn(C)c3)n2)c(C)c1. The summed E-state index contributed by atoms with van der Waals surface area (Å²) in [4.78, 5) is 17.0. The number of nitrogens with one attached hydrogen (secondary N) is 1. The highest BCUT2D eigenvalue weighted by molar-refractivity contribution is 7.14. The van der Waals surface area contributed by atoms with Gasteiger partial charge in [-0.2, -0.15) is 5.10 Å². The van der Waals surface area contributed by atoms with E-state index in [1.165, 1.54) is 22.5 Å². The third-order valence-corrected chi connectivity index (χ3v) is 5.43. The number of amides is 1. The fourth-order valence-electron chi connectivity index (χ4n) is 3.24. The summed E-state index contributed by atoms with van der Waals surface area (Å²) in [6.07, 6.45) is 4.71. The number of hydrogen-bond donors (Lipinski definition) is 1. The number of thiazole rings is 1. The van der Waals surface area contributed by atoms with Gasteiger partial charge in [-0.25, -0.2) is 4.98 Å². The van der Waals surface area contributed by atoms with Gasteiger partial charge in [0.05, 0.1) is 11.9 Å². The zero-order valence-corrected chi connectivity index (χ0v) is 15.3. The molecule has 0 spiro atoms. The summed E-state index contributed by atoms with van der Waals surface area (Å²) < 4.78 is 1.78. The monoisotopic (exact) mass is 352 g/mol. The molecule has 25 heavy (non-hydrogen) atoms. The van der Waals surface area contributed by atoms with Crippen LogP contribution in [0.15, 0.2) is 36.0 Å². The molecule has 1 saturated carbocycles. The van der Waals surface area contributed by atoms with Gasteiger partial charge in [-0.05, 0) is 37.3 Å². The van der Waals surface area contributed by atoms with Crippen LogP contribution >= 0.6 is 11.3 Å². The van der Waals surface area contributed by atoms with Gasteiger partial charge in [-0.3, -0.25) is 9.48 Å². The van der Waals surface area contributed by atoms with Gasteiger partial charge >= 0.3 is 0 Å². The topological polar surface area (TPSA) is 59.8 Å². The molecule has 0 aliphatic heterocycles. The first-order chi connectivity index (χ1) is 12.0. The molecular formula is C19H20N4OS. The van der Waals surface area contributed by atoms with Gasteiger partial charge in [-0.15, -0.1) is 11.3 Å². The molecule has 1 aliphatic rings. The van der Waals surface area contributed by atoms with Crippen LogP contribution < -0.4 is 5.32 Å². The third kappa shape index (κ3) is 3.22. The highest BCUT2D eigenvalue weighted by Gasteiger charge is 2.44. The van der Waals surface area contributed by atoms with E-state index in [-0.39, 0.29) is 17.7 Å². The molecule has 128 valence electrons. The maximum atomic E-state index is 12.5. The maximum absolute atomic E-state index is 12.5. The molecule has 0 bridgehead atoms. The molecular weight excluding hydrogens is 332 g/mol. The van der Waals surface area contributed by atoms with Gasteiger partial charge in [0.1, 0.15) is 0 Å². The van der Waals surface area contributed by atoms with Crippen molar-refractivity contribution in [1.29, 1.82) is 0 Å². The summed E-state index contributed by atoms with van der Waals surface area (Å²) in [6, 6.07) is 6.32. The minimum atomic E-state index is 0.0256. The second-order valence-corrected chi connectivity index (χ2v) is 7.60. The van der Waals surface area contributed by atoms with Gasteiger partial charge in [0.2, 0.25) is 5.91 Å². The van der Waals surface area contributed by atoms with Crippen LogP contribution in [0.25, 0.3) is 11.3 Å².